The number of aryl methyl sites for hydroxylation is 1. The van der Waals surface area contributed by atoms with Crippen molar-refractivity contribution in [1.82, 2.24) is 14.9 Å². The van der Waals surface area contributed by atoms with E-state index in [0.717, 1.165) is 11.1 Å². The predicted molar refractivity (Wildman–Crippen MR) is 115 cm³/mol. The van der Waals surface area contributed by atoms with Crippen LogP contribution in [0.3, 0.4) is 0 Å². The van der Waals surface area contributed by atoms with Crippen molar-refractivity contribution in [3.05, 3.63) is 65.0 Å². The van der Waals surface area contributed by atoms with Gasteiger partial charge in [0, 0.05) is 20.6 Å². The molecule has 0 aliphatic carbocycles. The molecule has 0 aliphatic heterocycles. The van der Waals surface area contributed by atoms with E-state index in [1.165, 1.54) is 24.5 Å². The number of nitrogens with one attached hydrogen (secondary N) is 2. The molecule has 0 amide bonds. The van der Waals surface area contributed by atoms with Crippen molar-refractivity contribution in [3.63, 3.8) is 0 Å². The van der Waals surface area contributed by atoms with E-state index in [-0.39, 0.29) is 16.8 Å². The monoisotopic (exact) mass is 420 g/mol. The number of hydrogen-bond donors (Lipinski definition) is 2. The minimum atomic E-state index is -3.44. The van der Waals surface area contributed by atoms with Crippen LogP contribution in [0.1, 0.15) is 36.6 Å². The zero-order chi connectivity index (χ0) is 21.6. The van der Waals surface area contributed by atoms with Gasteiger partial charge in [0.05, 0.1) is 17.5 Å². The lowest BCUT2D eigenvalue weighted by Gasteiger charge is -2.18. The third-order valence-electron chi connectivity index (χ3n) is 4.52. The van der Waals surface area contributed by atoms with Crippen LogP contribution in [0.2, 0.25) is 0 Å². The quantitative estimate of drug-likeness (QED) is 0.533. The van der Waals surface area contributed by atoms with Crippen LogP contribution in [0.4, 0.5) is 4.39 Å². The molecule has 0 saturated carbocycles. The number of benzene rings is 2. The van der Waals surface area contributed by atoms with E-state index in [2.05, 4.69) is 15.6 Å². The summed E-state index contributed by atoms with van der Waals surface area (Å²) >= 11 is 0. The van der Waals surface area contributed by atoms with Gasteiger partial charge in [0.1, 0.15) is 5.82 Å². The molecular weight excluding hydrogens is 391 g/mol. The lowest BCUT2D eigenvalue weighted by molar-refractivity contribution is 0.520. The van der Waals surface area contributed by atoms with Crippen LogP contribution in [0.25, 0.3) is 0 Å². The first-order chi connectivity index (χ1) is 13.6. The van der Waals surface area contributed by atoms with Gasteiger partial charge >= 0.3 is 0 Å². The lowest BCUT2D eigenvalue weighted by atomic mass is 10.1. The number of aliphatic imine (C=N–C) groups is 1. The molecule has 2 aromatic rings. The van der Waals surface area contributed by atoms with Gasteiger partial charge in [-0.15, -0.1) is 0 Å². The van der Waals surface area contributed by atoms with Crippen LogP contribution < -0.4 is 10.6 Å². The summed E-state index contributed by atoms with van der Waals surface area (Å²) < 4.78 is 39.3. The third kappa shape index (κ3) is 6.01. The normalized spacial score (nSPS) is 13.4. The Morgan fingerprint density at radius 3 is 2.38 bits per heavy atom. The fourth-order valence-electron chi connectivity index (χ4n) is 2.63. The summed E-state index contributed by atoms with van der Waals surface area (Å²) in [6, 6.07) is 11.7. The maximum Gasteiger partial charge on any atom is 0.242 e. The van der Waals surface area contributed by atoms with E-state index in [4.69, 9.17) is 0 Å². The van der Waals surface area contributed by atoms with Crippen molar-refractivity contribution in [2.45, 2.75) is 38.3 Å². The molecule has 0 heterocycles. The minimum absolute atomic E-state index is 0.129. The standard InChI is InChI=1S/C21H29FN4O2S/c1-6-23-21(25-16(3)18-10-7-15(2)20(22)13-18)24-14-17-8-11-19(12-9-17)29(27,28)26(4)5/h7-13,16H,6,14H2,1-5H3,(H2,23,24,25). The summed E-state index contributed by atoms with van der Waals surface area (Å²) in [7, 11) is -0.439. The smallest absolute Gasteiger partial charge is 0.242 e. The molecule has 2 N–H and O–H groups in total. The molecule has 0 aliphatic rings. The molecule has 0 bridgehead atoms. The first kappa shape index (κ1) is 22.8. The van der Waals surface area contributed by atoms with Crippen LogP contribution in [0.15, 0.2) is 52.4 Å². The summed E-state index contributed by atoms with van der Waals surface area (Å²) in [5.74, 6) is 0.372. The third-order valence-corrected chi connectivity index (χ3v) is 6.34. The van der Waals surface area contributed by atoms with Crippen LogP contribution >= 0.6 is 0 Å². The molecule has 2 rings (SSSR count). The Kier molecular flexibility index (Phi) is 7.75. The van der Waals surface area contributed by atoms with Crippen LogP contribution in [-0.2, 0) is 16.6 Å². The average molecular weight is 421 g/mol. The van der Waals surface area contributed by atoms with Gasteiger partial charge in [0.15, 0.2) is 5.96 Å². The fraction of sp³-hybridized carbons (Fsp3) is 0.381. The van der Waals surface area contributed by atoms with E-state index >= 15 is 0 Å². The number of guanidine groups is 1. The Hall–Kier alpha value is -2.45. The van der Waals surface area contributed by atoms with Gasteiger partial charge in [-0.25, -0.2) is 22.1 Å². The zero-order valence-electron chi connectivity index (χ0n) is 17.5. The van der Waals surface area contributed by atoms with E-state index in [1.54, 1.807) is 37.3 Å². The largest absolute Gasteiger partial charge is 0.357 e. The molecule has 0 aromatic heterocycles. The van der Waals surface area contributed by atoms with Crippen molar-refractivity contribution in [3.8, 4) is 0 Å². The van der Waals surface area contributed by atoms with Gasteiger partial charge in [-0.3, -0.25) is 0 Å². The summed E-state index contributed by atoms with van der Waals surface area (Å²) in [5.41, 5.74) is 2.33. The number of nitrogens with zero attached hydrogens (tertiary/aromatic N) is 2. The topological polar surface area (TPSA) is 73.8 Å². The van der Waals surface area contributed by atoms with Crippen molar-refractivity contribution < 1.29 is 12.8 Å². The average Bonchev–Trinajstić information content (AvgIpc) is 2.68. The molecule has 6 nitrogen and oxygen atoms in total. The SMILES string of the molecule is CCNC(=NCc1ccc(S(=O)(=O)N(C)C)cc1)NC(C)c1ccc(C)c(F)c1. The maximum atomic E-state index is 13.8. The molecule has 1 atom stereocenters. The van der Waals surface area contributed by atoms with Gasteiger partial charge in [0.25, 0.3) is 0 Å². The molecule has 0 saturated heterocycles. The van der Waals surface area contributed by atoms with E-state index in [1.807, 2.05) is 19.9 Å². The summed E-state index contributed by atoms with van der Waals surface area (Å²) in [6.45, 7) is 6.71. The first-order valence-electron chi connectivity index (χ1n) is 9.47. The molecule has 8 heteroatoms. The highest BCUT2D eigenvalue weighted by molar-refractivity contribution is 7.89. The van der Waals surface area contributed by atoms with Gasteiger partial charge in [0.2, 0.25) is 10.0 Å². The fourth-order valence-corrected chi connectivity index (χ4v) is 3.54. The van der Waals surface area contributed by atoms with Crippen molar-refractivity contribution >= 4 is 16.0 Å². The molecule has 2 aromatic carbocycles. The highest BCUT2D eigenvalue weighted by Gasteiger charge is 2.16. The van der Waals surface area contributed by atoms with Gasteiger partial charge in [-0.1, -0.05) is 24.3 Å². The summed E-state index contributed by atoms with van der Waals surface area (Å²) in [5, 5.41) is 6.44. The molecule has 0 fully saturated rings. The number of sulfonamides is 1. The number of halogens is 1. The predicted octanol–water partition coefficient (Wildman–Crippen LogP) is 3.20. The van der Waals surface area contributed by atoms with Gasteiger partial charge < -0.3 is 10.6 Å². The van der Waals surface area contributed by atoms with Gasteiger partial charge in [-0.2, -0.15) is 0 Å². The highest BCUT2D eigenvalue weighted by Crippen LogP contribution is 2.17. The Balaban J connectivity index is 2.11. The zero-order valence-corrected chi connectivity index (χ0v) is 18.3. The molecule has 1 unspecified atom stereocenters. The first-order valence-corrected chi connectivity index (χ1v) is 10.9. The molecular formula is C21H29FN4O2S. The molecule has 0 spiro atoms. The van der Waals surface area contributed by atoms with Crippen LogP contribution in [0, 0.1) is 12.7 Å². The second-order valence-electron chi connectivity index (χ2n) is 7.00. The Morgan fingerprint density at radius 2 is 1.83 bits per heavy atom. The minimum Gasteiger partial charge on any atom is -0.357 e. The van der Waals surface area contributed by atoms with Crippen molar-refractivity contribution in [1.29, 1.82) is 0 Å². The Bertz CT molecular complexity index is 957. The second kappa shape index (κ2) is 9.84. The number of hydrogen-bond acceptors (Lipinski definition) is 3. The molecule has 158 valence electrons. The van der Waals surface area contributed by atoms with Crippen LogP contribution in [0.5, 0.6) is 0 Å². The summed E-state index contributed by atoms with van der Waals surface area (Å²) in [4.78, 5) is 4.80. The summed E-state index contributed by atoms with van der Waals surface area (Å²) in [6.07, 6.45) is 0. The highest BCUT2D eigenvalue weighted by atomic mass is 32.2. The Labute approximate surface area is 172 Å². The maximum absolute atomic E-state index is 13.8. The lowest BCUT2D eigenvalue weighted by Crippen LogP contribution is -2.38. The van der Waals surface area contributed by atoms with Gasteiger partial charge in [-0.05, 0) is 55.7 Å². The van der Waals surface area contributed by atoms with Crippen molar-refractivity contribution in [2.24, 2.45) is 4.99 Å². The van der Waals surface area contributed by atoms with E-state index in [0.29, 0.717) is 24.6 Å². The van der Waals surface area contributed by atoms with Crippen LogP contribution in [-0.4, -0.2) is 39.3 Å². The number of rotatable bonds is 7. The Morgan fingerprint density at radius 1 is 1.17 bits per heavy atom. The molecule has 29 heavy (non-hydrogen) atoms. The van der Waals surface area contributed by atoms with E-state index < -0.39 is 10.0 Å². The second-order valence-corrected chi connectivity index (χ2v) is 9.15. The van der Waals surface area contributed by atoms with Crippen molar-refractivity contribution in [2.75, 3.05) is 20.6 Å². The van der Waals surface area contributed by atoms with E-state index in [9.17, 15) is 12.8 Å². The molecule has 0 radical (unpaired) electrons.